The van der Waals surface area contributed by atoms with E-state index in [2.05, 4.69) is 5.32 Å². The highest BCUT2D eigenvalue weighted by Gasteiger charge is 2.36. The van der Waals surface area contributed by atoms with Crippen LogP contribution in [0.25, 0.3) is 0 Å². The summed E-state index contributed by atoms with van der Waals surface area (Å²) in [4.78, 5) is 14.2. The number of nitrogens with one attached hydrogen (secondary N) is 1. The van der Waals surface area contributed by atoms with Crippen LogP contribution in [0, 0.1) is 5.41 Å². The van der Waals surface area contributed by atoms with Crippen LogP contribution in [0.3, 0.4) is 0 Å². The smallest absolute Gasteiger partial charge is 0.317 e. The maximum atomic E-state index is 12.4. The second kappa shape index (κ2) is 8.52. The van der Waals surface area contributed by atoms with Gasteiger partial charge < -0.3 is 20.1 Å². The molecule has 2 rings (SSSR count). The Morgan fingerprint density at radius 1 is 1.43 bits per heavy atom. The molecular formula is C17H25ClN2O3. The lowest BCUT2D eigenvalue weighted by atomic mass is 9.78. The summed E-state index contributed by atoms with van der Waals surface area (Å²) in [6.45, 7) is 2.44. The topological polar surface area (TPSA) is 61.8 Å². The summed E-state index contributed by atoms with van der Waals surface area (Å²) in [7, 11) is 1.66. The number of hydrogen-bond acceptors (Lipinski definition) is 3. The molecule has 1 saturated heterocycles. The van der Waals surface area contributed by atoms with Crippen molar-refractivity contribution in [1.29, 1.82) is 0 Å². The average molecular weight is 341 g/mol. The van der Waals surface area contributed by atoms with Crippen LogP contribution < -0.4 is 5.32 Å². The molecule has 0 radical (unpaired) electrons. The lowest BCUT2D eigenvalue weighted by Crippen LogP contribution is -2.51. The minimum atomic E-state index is -0.244. The van der Waals surface area contributed by atoms with E-state index < -0.39 is 0 Å². The third-order valence-electron chi connectivity index (χ3n) is 4.48. The number of piperidine rings is 1. The fourth-order valence-electron chi connectivity index (χ4n) is 3.00. The van der Waals surface area contributed by atoms with Gasteiger partial charge in [0.15, 0.2) is 0 Å². The SMILES string of the molecule is COCCC1(CO)CCCN(C(=O)NCc2ccc(Cl)cc2)C1. The molecule has 2 amide bonds. The Balaban J connectivity index is 1.89. The maximum absolute atomic E-state index is 12.4. The molecule has 128 valence electrons. The standard InChI is InChI=1S/C17H25ClN2O3/c1-23-10-8-17(13-21)7-2-9-20(12-17)16(22)19-11-14-3-5-15(18)6-4-14/h3-6,21H,2,7-13H2,1H3,(H,19,22). The number of carbonyl (C=O) groups is 1. The van der Waals surface area contributed by atoms with Crippen molar-refractivity contribution in [3.63, 3.8) is 0 Å². The Kier molecular flexibility index (Phi) is 6.69. The van der Waals surface area contributed by atoms with Gasteiger partial charge in [0.1, 0.15) is 0 Å². The number of benzene rings is 1. The van der Waals surface area contributed by atoms with E-state index in [1.165, 1.54) is 0 Å². The molecule has 2 N–H and O–H groups in total. The van der Waals surface area contributed by atoms with Gasteiger partial charge in [-0.15, -0.1) is 0 Å². The van der Waals surface area contributed by atoms with Gasteiger partial charge in [-0.1, -0.05) is 23.7 Å². The number of aliphatic hydroxyl groups is 1. The quantitative estimate of drug-likeness (QED) is 0.837. The van der Waals surface area contributed by atoms with E-state index in [0.29, 0.717) is 24.7 Å². The number of amides is 2. The molecule has 1 atom stereocenters. The third-order valence-corrected chi connectivity index (χ3v) is 4.73. The zero-order valence-electron chi connectivity index (χ0n) is 13.6. The van der Waals surface area contributed by atoms with Crippen molar-refractivity contribution < 1.29 is 14.6 Å². The Bertz CT molecular complexity index is 509. The molecule has 0 aliphatic carbocycles. The Morgan fingerprint density at radius 2 is 2.17 bits per heavy atom. The van der Waals surface area contributed by atoms with Gasteiger partial charge in [-0.05, 0) is 37.0 Å². The van der Waals surface area contributed by atoms with Gasteiger partial charge in [0.05, 0.1) is 6.61 Å². The van der Waals surface area contributed by atoms with Crippen LogP contribution in [0.5, 0.6) is 0 Å². The predicted molar refractivity (Wildman–Crippen MR) is 90.5 cm³/mol. The van der Waals surface area contributed by atoms with Crippen LogP contribution in [0.2, 0.25) is 5.02 Å². The first-order valence-electron chi connectivity index (χ1n) is 7.96. The molecule has 1 aromatic carbocycles. The van der Waals surface area contributed by atoms with Gasteiger partial charge in [-0.25, -0.2) is 4.79 Å². The molecule has 6 heteroatoms. The van der Waals surface area contributed by atoms with E-state index >= 15 is 0 Å². The molecule has 1 aromatic rings. The number of nitrogens with zero attached hydrogens (tertiary/aromatic N) is 1. The number of likely N-dealkylation sites (tertiary alicyclic amines) is 1. The van der Waals surface area contributed by atoms with Gasteiger partial charge in [0.25, 0.3) is 0 Å². The Hall–Kier alpha value is -1.30. The predicted octanol–water partition coefficient (Wildman–Crippen LogP) is 2.66. The summed E-state index contributed by atoms with van der Waals surface area (Å²) in [6, 6.07) is 7.33. The number of methoxy groups -OCH3 is 1. The van der Waals surface area contributed by atoms with Crippen LogP contribution in [0.4, 0.5) is 4.79 Å². The molecule has 1 unspecified atom stereocenters. The molecule has 0 saturated carbocycles. The van der Waals surface area contributed by atoms with Gasteiger partial charge >= 0.3 is 6.03 Å². The summed E-state index contributed by atoms with van der Waals surface area (Å²) >= 11 is 5.86. The van der Waals surface area contributed by atoms with E-state index in [1.54, 1.807) is 12.0 Å². The summed E-state index contributed by atoms with van der Waals surface area (Å²) in [5, 5.41) is 13.4. The molecule has 1 fully saturated rings. The summed E-state index contributed by atoms with van der Waals surface area (Å²) in [5.41, 5.74) is 0.763. The highest BCUT2D eigenvalue weighted by atomic mass is 35.5. The maximum Gasteiger partial charge on any atom is 0.317 e. The van der Waals surface area contributed by atoms with E-state index in [9.17, 15) is 9.90 Å². The Morgan fingerprint density at radius 3 is 2.83 bits per heavy atom. The van der Waals surface area contributed by atoms with Gasteiger partial charge in [0.2, 0.25) is 0 Å². The number of aliphatic hydroxyl groups excluding tert-OH is 1. The second-order valence-corrected chi connectivity index (χ2v) is 6.65. The van der Waals surface area contributed by atoms with Crippen molar-refractivity contribution in [3.8, 4) is 0 Å². The first kappa shape index (κ1) is 18.0. The number of carbonyl (C=O) groups excluding carboxylic acids is 1. The minimum absolute atomic E-state index is 0.0807. The van der Waals surface area contributed by atoms with Crippen LogP contribution in [0.15, 0.2) is 24.3 Å². The first-order valence-corrected chi connectivity index (χ1v) is 8.33. The van der Waals surface area contributed by atoms with Crippen molar-refractivity contribution in [2.45, 2.75) is 25.8 Å². The summed E-state index contributed by atoms with van der Waals surface area (Å²) < 4.78 is 5.14. The number of hydrogen-bond donors (Lipinski definition) is 2. The van der Waals surface area contributed by atoms with Gasteiger partial charge in [-0.3, -0.25) is 0 Å². The number of rotatable bonds is 6. The number of urea groups is 1. The lowest BCUT2D eigenvalue weighted by molar-refractivity contribution is 0.0200. The molecular weight excluding hydrogens is 316 g/mol. The lowest BCUT2D eigenvalue weighted by Gasteiger charge is -2.41. The molecule has 1 aliphatic rings. The Labute approximate surface area is 142 Å². The van der Waals surface area contributed by atoms with Gasteiger partial charge in [0, 0.05) is 43.8 Å². The van der Waals surface area contributed by atoms with E-state index in [1.807, 2.05) is 24.3 Å². The van der Waals surface area contributed by atoms with Gasteiger partial charge in [-0.2, -0.15) is 0 Å². The summed E-state index contributed by atoms with van der Waals surface area (Å²) in [6.07, 6.45) is 2.59. The molecule has 5 nitrogen and oxygen atoms in total. The van der Waals surface area contributed by atoms with Crippen molar-refractivity contribution in [1.82, 2.24) is 10.2 Å². The number of halogens is 1. The highest BCUT2D eigenvalue weighted by Crippen LogP contribution is 2.33. The fourth-order valence-corrected chi connectivity index (χ4v) is 3.13. The molecule has 23 heavy (non-hydrogen) atoms. The summed E-state index contributed by atoms with van der Waals surface area (Å²) in [5.74, 6) is 0. The molecule has 1 aliphatic heterocycles. The highest BCUT2D eigenvalue weighted by molar-refractivity contribution is 6.30. The van der Waals surface area contributed by atoms with Crippen molar-refractivity contribution >= 4 is 17.6 Å². The second-order valence-electron chi connectivity index (χ2n) is 6.21. The monoisotopic (exact) mass is 340 g/mol. The van der Waals surface area contributed by atoms with Crippen molar-refractivity contribution in [3.05, 3.63) is 34.9 Å². The minimum Gasteiger partial charge on any atom is -0.396 e. The first-order chi connectivity index (χ1) is 11.1. The molecule has 0 bridgehead atoms. The molecule has 0 spiro atoms. The van der Waals surface area contributed by atoms with Crippen LogP contribution in [-0.2, 0) is 11.3 Å². The van der Waals surface area contributed by atoms with Crippen molar-refractivity contribution in [2.24, 2.45) is 5.41 Å². The van der Waals surface area contributed by atoms with Crippen molar-refractivity contribution in [2.75, 3.05) is 33.4 Å². The zero-order chi connectivity index (χ0) is 16.7. The normalized spacial score (nSPS) is 21.3. The third kappa shape index (κ3) is 5.09. The molecule has 1 heterocycles. The zero-order valence-corrected chi connectivity index (χ0v) is 14.3. The van der Waals surface area contributed by atoms with Crippen LogP contribution in [0.1, 0.15) is 24.8 Å². The molecule has 0 aromatic heterocycles. The van der Waals surface area contributed by atoms with Crippen LogP contribution >= 0.6 is 11.6 Å². The van der Waals surface area contributed by atoms with E-state index in [-0.39, 0.29) is 18.1 Å². The largest absolute Gasteiger partial charge is 0.396 e. The fraction of sp³-hybridized carbons (Fsp3) is 0.588. The van der Waals surface area contributed by atoms with Crippen LogP contribution in [-0.4, -0.2) is 49.5 Å². The van der Waals surface area contributed by atoms with E-state index in [0.717, 1.165) is 31.4 Å². The number of ether oxygens (including phenoxy) is 1. The van der Waals surface area contributed by atoms with E-state index in [4.69, 9.17) is 16.3 Å². The average Bonchev–Trinajstić information content (AvgIpc) is 2.59.